The van der Waals surface area contributed by atoms with Gasteiger partial charge in [0.15, 0.2) is 6.04 Å². The molecule has 2 aliphatic rings. The highest BCUT2D eigenvalue weighted by Gasteiger charge is 2.54. The minimum absolute atomic E-state index is 0.0899. The summed E-state index contributed by atoms with van der Waals surface area (Å²) in [6, 6.07) is 8.96. The van der Waals surface area contributed by atoms with E-state index < -0.39 is 17.7 Å². The number of rotatable bonds is 4. The monoisotopic (exact) mass is 373 g/mol. The van der Waals surface area contributed by atoms with Gasteiger partial charge in [-0.3, -0.25) is 9.69 Å². The number of aliphatic carboxylic acids is 1. The van der Waals surface area contributed by atoms with Gasteiger partial charge in [-0.05, 0) is 49.0 Å². The number of nitrogens with zero attached hydrogens (tertiary/aromatic N) is 1. The fourth-order valence-corrected chi connectivity index (χ4v) is 4.58. The van der Waals surface area contributed by atoms with Gasteiger partial charge in [-0.15, -0.1) is 0 Å². The highest BCUT2D eigenvalue weighted by Crippen LogP contribution is 2.47. The van der Waals surface area contributed by atoms with Crippen LogP contribution in [0.4, 0.5) is 0 Å². The van der Waals surface area contributed by atoms with E-state index in [9.17, 15) is 14.7 Å². The van der Waals surface area contributed by atoms with E-state index in [1.165, 1.54) is 0 Å². The Hall–Kier alpha value is -1.88. The fourth-order valence-electron chi connectivity index (χ4n) is 4.58. The quantitative estimate of drug-likeness (QED) is 0.870. The van der Waals surface area contributed by atoms with Crippen LogP contribution in [0, 0.1) is 11.3 Å². The first-order valence-corrected chi connectivity index (χ1v) is 9.96. The van der Waals surface area contributed by atoms with Gasteiger partial charge in [0.2, 0.25) is 5.91 Å². The van der Waals surface area contributed by atoms with Gasteiger partial charge in [0.1, 0.15) is 5.72 Å². The Morgan fingerprint density at radius 1 is 1.19 bits per heavy atom. The molecule has 148 valence electrons. The highest BCUT2D eigenvalue weighted by molar-refractivity contribution is 5.85. The average Bonchev–Trinajstić information content (AvgIpc) is 2.99. The number of ether oxygens (including phenoxy) is 1. The number of amides is 1. The molecule has 5 nitrogen and oxygen atoms in total. The SMILES string of the molecule is CC(C)(C)C1CCC2(CC1)OCC(C(=O)O)N2C(=O)CCc1ccccc1. The molecule has 1 saturated heterocycles. The number of carboxylic acids is 1. The number of hydrogen-bond acceptors (Lipinski definition) is 3. The first-order chi connectivity index (χ1) is 12.7. The molecule has 1 unspecified atom stereocenters. The summed E-state index contributed by atoms with van der Waals surface area (Å²) in [4.78, 5) is 26.4. The van der Waals surface area contributed by atoms with E-state index in [4.69, 9.17) is 4.74 Å². The van der Waals surface area contributed by atoms with Crippen LogP contribution >= 0.6 is 0 Å². The highest BCUT2D eigenvalue weighted by atomic mass is 16.5. The zero-order valence-electron chi connectivity index (χ0n) is 16.6. The predicted molar refractivity (Wildman–Crippen MR) is 103 cm³/mol. The molecule has 1 aromatic carbocycles. The van der Waals surface area contributed by atoms with Crippen LogP contribution in [0.5, 0.6) is 0 Å². The molecule has 1 spiro atoms. The van der Waals surface area contributed by atoms with Crippen molar-refractivity contribution in [2.75, 3.05) is 6.61 Å². The number of hydrogen-bond donors (Lipinski definition) is 1. The van der Waals surface area contributed by atoms with E-state index in [0.29, 0.717) is 18.8 Å². The molecule has 1 saturated carbocycles. The maximum absolute atomic E-state index is 13.1. The first kappa shape index (κ1) is 19.9. The zero-order chi connectivity index (χ0) is 19.7. The number of carbonyl (C=O) groups excluding carboxylic acids is 1. The van der Waals surface area contributed by atoms with Gasteiger partial charge < -0.3 is 9.84 Å². The van der Waals surface area contributed by atoms with Crippen molar-refractivity contribution in [3.63, 3.8) is 0 Å². The summed E-state index contributed by atoms with van der Waals surface area (Å²) in [7, 11) is 0. The Morgan fingerprint density at radius 2 is 1.81 bits per heavy atom. The van der Waals surface area contributed by atoms with Crippen LogP contribution in [0.25, 0.3) is 0 Å². The number of benzene rings is 1. The summed E-state index contributed by atoms with van der Waals surface area (Å²) in [6.07, 6.45) is 4.27. The minimum atomic E-state index is -0.974. The van der Waals surface area contributed by atoms with E-state index >= 15 is 0 Å². The van der Waals surface area contributed by atoms with Crippen LogP contribution in [-0.4, -0.2) is 40.3 Å². The largest absolute Gasteiger partial charge is 0.480 e. The second-order valence-corrected chi connectivity index (χ2v) is 9.00. The molecule has 1 N–H and O–H groups in total. The topological polar surface area (TPSA) is 66.8 Å². The maximum atomic E-state index is 13.1. The van der Waals surface area contributed by atoms with Crippen molar-refractivity contribution in [2.24, 2.45) is 11.3 Å². The van der Waals surface area contributed by atoms with Gasteiger partial charge in [0, 0.05) is 6.42 Å². The van der Waals surface area contributed by atoms with Gasteiger partial charge >= 0.3 is 5.97 Å². The molecule has 1 heterocycles. The van der Waals surface area contributed by atoms with Crippen molar-refractivity contribution in [1.29, 1.82) is 0 Å². The molecule has 3 rings (SSSR count). The Kier molecular flexibility index (Phi) is 5.61. The lowest BCUT2D eigenvalue weighted by Crippen LogP contribution is -2.55. The molecular weight excluding hydrogens is 342 g/mol. The first-order valence-electron chi connectivity index (χ1n) is 9.96. The van der Waals surface area contributed by atoms with Crippen LogP contribution in [0.1, 0.15) is 58.4 Å². The molecule has 0 radical (unpaired) electrons. The molecule has 27 heavy (non-hydrogen) atoms. The van der Waals surface area contributed by atoms with E-state index in [1.807, 2.05) is 30.3 Å². The van der Waals surface area contributed by atoms with Gasteiger partial charge in [0.25, 0.3) is 0 Å². The fraction of sp³-hybridized carbons (Fsp3) is 0.636. The predicted octanol–water partition coefficient (Wildman–Crippen LogP) is 3.86. The second kappa shape index (κ2) is 7.63. The third kappa shape index (κ3) is 4.18. The zero-order valence-corrected chi connectivity index (χ0v) is 16.6. The van der Waals surface area contributed by atoms with Crippen LogP contribution in [0.3, 0.4) is 0 Å². The van der Waals surface area contributed by atoms with Crippen molar-refractivity contribution < 1.29 is 19.4 Å². The average molecular weight is 373 g/mol. The van der Waals surface area contributed by atoms with Crippen molar-refractivity contribution in [2.45, 2.75) is 71.1 Å². The third-order valence-electron chi connectivity index (χ3n) is 6.28. The molecule has 1 amide bonds. The normalized spacial score (nSPS) is 28.5. The molecule has 0 aromatic heterocycles. The van der Waals surface area contributed by atoms with Crippen LogP contribution in [-0.2, 0) is 20.7 Å². The summed E-state index contributed by atoms with van der Waals surface area (Å²) in [6.45, 7) is 6.82. The third-order valence-corrected chi connectivity index (χ3v) is 6.28. The van der Waals surface area contributed by atoms with Gasteiger partial charge in [-0.2, -0.15) is 0 Å². The van der Waals surface area contributed by atoms with Crippen LogP contribution < -0.4 is 0 Å². The Bertz CT molecular complexity index is 671. The molecule has 1 aromatic rings. The summed E-state index contributed by atoms with van der Waals surface area (Å²) < 4.78 is 6.03. The molecule has 1 atom stereocenters. The minimum Gasteiger partial charge on any atom is -0.480 e. The molecular formula is C22H31NO4. The van der Waals surface area contributed by atoms with Gasteiger partial charge in [-0.1, -0.05) is 51.1 Å². The second-order valence-electron chi connectivity index (χ2n) is 9.00. The van der Waals surface area contributed by atoms with Gasteiger partial charge in [0.05, 0.1) is 6.61 Å². The lowest BCUT2D eigenvalue weighted by atomic mass is 9.70. The van der Waals surface area contributed by atoms with Gasteiger partial charge in [-0.25, -0.2) is 4.79 Å². The number of carbonyl (C=O) groups is 2. The summed E-state index contributed by atoms with van der Waals surface area (Å²) in [5, 5.41) is 9.64. The molecule has 2 fully saturated rings. The summed E-state index contributed by atoms with van der Waals surface area (Å²) in [5.74, 6) is -0.521. The standard InChI is InChI=1S/C22H31NO4/c1-21(2,3)17-11-13-22(14-12-17)23(18(15-27-22)20(25)26)19(24)10-9-16-7-5-4-6-8-16/h4-8,17-18H,9-15H2,1-3H3,(H,25,26). The smallest absolute Gasteiger partial charge is 0.328 e. The van der Waals surface area contributed by atoms with E-state index in [0.717, 1.165) is 31.2 Å². The Labute approximate surface area is 161 Å². The van der Waals surface area contributed by atoms with Crippen molar-refractivity contribution >= 4 is 11.9 Å². The maximum Gasteiger partial charge on any atom is 0.328 e. The Balaban J connectivity index is 1.74. The van der Waals surface area contributed by atoms with Crippen molar-refractivity contribution in [3.05, 3.63) is 35.9 Å². The van der Waals surface area contributed by atoms with Crippen molar-refractivity contribution in [3.8, 4) is 0 Å². The van der Waals surface area contributed by atoms with Crippen LogP contribution in [0.15, 0.2) is 30.3 Å². The van der Waals surface area contributed by atoms with E-state index in [-0.39, 0.29) is 17.9 Å². The summed E-state index contributed by atoms with van der Waals surface area (Å²) in [5.41, 5.74) is 0.566. The lowest BCUT2D eigenvalue weighted by Gasteiger charge is -2.46. The molecule has 0 bridgehead atoms. The van der Waals surface area contributed by atoms with Crippen LogP contribution in [0.2, 0.25) is 0 Å². The molecule has 1 aliphatic heterocycles. The molecule has 5 heteroatoms. The van der Waals surface area contributed by atoms with E-state index in [1.54, 1.807) is 4.90 Å². The molecule has 1 aliphatic carbocycles. The Morgan fingerprint density at radius 3 is 2.37 bits per heavy atom. The number of carboxylic acid groups (broad SMARTS) is 1. The van der Waals surface area contributed by atoms with E-state index in [2.05, 4.69) is 20.8 Å². The number of aryl methyl sites for hydroxylation is 1. The van der Waals surface area contributed by atoms with Crippen molar-refractivity contribution in [1.82, 2.24) is 4.90 Å². The summed E-state index contributed by atoms with van der Waals surface area (Å²) >= 11 is 0. The lowest BCUT2D eigenvalue weighted by molar-refractivity contribution is -0.166.